The molecule has 0 spiro atoms. The molecule has 0 fully saturated rings. The van der Waals surface area contributed by atoms with Crippen LogP contribution in [-0.4, -0.2) is 13.7 Å². The van der Waals surface area contributed by atoms with Gasteiger partial charge in [-0.1, -0.05) is 42.0 Å². The first-order valence-electron chi connectivity index (χ1n) is 6.31. The lowest BCUT2D eigenvalue weighted by molar-refractivity contribution is 0.204. The summed E-state index contributed by atoms with van der Waals surface area (Å²) in [7, 11) is 1.63. The Kier molecular flexibility index (Phi) is 4.42. The van der Waals surface area contributed by atoms with Crippen LogP contribution in [-0.2, 0) is 0 Å². The van der Waals surface area contributed by atoms with E-state index in [9.17, 15) is 0 Å². The van der Waals surface area contributed by atoms with E-state index in [1.807, 2.05) is 36.4 Å². The van der Waals surface area contributed by atoms with Crippen molar-refractivity contribution in [3.63, 3.8) is 0 Å². The zero-order valence-electron chi connectivity index (χ0n) is 11.3. The smallest absolute Gasteiger partial charge is 0.162 e. The molecule has 0 radical (unpaired) electrons. The first-order chi connectivity index (χ1) is 9.24. The second-order valence-electron chi connectivity index (χ2n) is 4.40. The van der Waals surface area contributed by atoms with Crippen molar-refractivity contribution in [3.05, 3.63) is 59.7 Å². The molecule has 2 aromatic carbocycles. The van der Waals surface area contributed by atoms with E-state index in [0.29, 0.717) is 18.0 Å². The molecule has 1 unspecified atom stereocenters. The molecular weight excluding hydrogens is 238 g/mol. The minimum atomic E-state index is -0.170. The van der Waals surface area contributed by atoms with Gasteiger partial charge < -0.3 is 15.2 Å². The maximum atomic E-state index is 5.96. The van der Waals surface area contributed by atoms with E-state index in [-0.39, 0.29) is 6.10 Å². The number of ether oxygens (including phenoxy) is 2. The van der Waals surface area contributed by atoms with E-state index in [1.54, 1.807) is 7.11 Å². The van der Waals surface area contributed by atoms with Gasteiger partial charge in [0.25, 0.3) is 0 Å². The highest BCUT2D eigenvalue weighted by Crippen LogP contribution is 2.30. The molecule has 2 rings (SSSR count). The fourth-order valence-corrected chi connectivity index (χ4v) is 1.90. The van der Waals surface area contributed by atoms with Crippen LogP contribution in [0.1, 0.15) is 17.2 Å². The standard InChI is InChI=1S/C16H19NO2/c1-12-7-9-13(10-8-12)16(11-17)19-15-6-4-3-5-14(15)18-2/h3-10,16H,11,17H2,1-2H3. The van der Waals surface area contributed by atoms with Crippen LogP contribution < -0.4 is 15.2 Å². The molecule has 1 atom stereocenters. The van der Waals surface area contributed by atoms with Crippen LogP contribution in [0.15, 0.2) is 48.5 Å². The molecule has 0 heterocycles. The molecule has 0 aliphatic heterocycles. The first-order valence-corrected chi connectivity index (χ1v) is 6.31. The van der Waals surface area contributed by atoms with Gasteiger partial charge in [-0.3, -0.25) is 0 Å². The van der Waals surface area contributed by atoms with Crippen LogP contribution in [0.3, 0.4) is 0 Å². The van der Waals surface area contributed by atoms with E-state index in [0.717, 1.165) is 5.56 Å². The Hall–Kier alpha value is -2.00. The Labute approximate surface area is 114 Å². The van der Waals surface area contributed by atoms with Crippen molar-refractivity contribution in [1.82, 2.24) is 0 Å². The zero-order valence-corrected chi connectivity index (χ0v) is 11.3. The van der Waals surface area contributed by atoms with Crippen LogP contribution in [0.2, 0.25) is 0 Å². The Morgan fingerprint density at radius 3 is 2.21 bits per heavy atom. The minimum Gasteiger partial charge on any atom is -0.493 e. The second kappa shape index (κ2) is 6.25. The van der Waals surface area contributed by atoms with Gasteiger partial charge in [0.05, 0.1) is 7.11 Å². The topological polar surface area (TPSA) is 44.5 Å². The predicted molar refractivity (Wildman–Crippen MR) is 76.6 cm³/mol. The number of para-hydroxylation sites is 2. The zero-order chi connectivity index (χ0) is 13.7. The second-order valence-corrected chi connectivity index (χ2v) is 4.40. The lowest BCUT2D eigenvalue weighted by atomic mass is 10.1. The summed E-state index contributed by atoms with van der Waals surface area (Å²) >= 11 is 0. The molecular formula is C16H19NO2. The summed E-state index contributed by atoms with van der Waals surface area (Å²) in [6, 6.07) is 15.8. The third kappa shape index (κ3) is 3.26. The number of benzene rings is 2. The Bertz CT molecular complexity index is 523. The molecule has 3 nitrogen and oxygen atoms in total. The monoisotopic (exact) mass is 257 g/mol. The molecule has 19 heavy (non-hydrogen) atoms. The largest absolute Gasteiger partial charge is 0.493 e. The average Bonchev–Trinajstić information content (AvgIpc) is 2.46. The van der Waals surface area contributed by atoms with Crippen LogP contribution in [0, 0.1) is 6.92 Å². The van der Waals surface area contributed by atoms with Gasteiger partial charge in [0.1, 0.15) is 6.10 Å². The molecule has 0 aliphatic carbocycles. The third-order valence-corrected chi connectivity index (χ3v) is 3.00. The normalized spacial score (nSPS) is 11.9. The SMILES string of the molecule is COc1ccccc1OC(CN)c1ccc(C)cc1. The molecule has 2 aromatic rings. The quantitative estimate of drug-likeness (QED) is 0.895. The van der Waals surface area contributed by atoms with Crippen molar-refractivity contribution in [2.75, 3.05) is 13.7 Å². The van der Waals surface area contributed by atoms with Crippen LogP contribution >= 0.6 is 0 Å². The summed E-state index contributed by atoms with van der Waals surface area (Å²) in [5.41, 5.74) is 8.10. The highest BCUT2D eigenvalue weighted by atomic mass is 16.5. The number of aryl methyl sites for hydroxylation is 1. The van der Waals surface area contributed by atoms with Gasteiger partial charge in [0.2, 0.25) is 0 Å². The Morgan fingerprint density at radius 1 is 1.00 bits per heavy atom. The molecule has 0 amide bonds. The summed E-state index contributed by atoms with van der Waals surface area (Å²) in [6.07, 6.45) is -0.170. The average molecular weight is 257 g/mol. The van der Waals surface area contributed by atoms with E-state index in [1.165, 1.54) is 5.56 Å². The summed E-state index contributed by atoms with van der Waals surface area (Å²) in [6.45, 7) is 2.48. The molecule has 100 valence electrons. The number of methoxy groups -OCH3 is 1. The third-order valence-electron chi connectivity index (χ3n) is 3.00. The van der Waals surface area contributed by atoms with E-state index in [2.05, 4.69) is 19.1 Å². The van der Waals surface area contributed by atoms with E-state index in [4.69, 9.17) is 15.2 Å². The number of hydrogen-bond acceptors (Lipinski definition) is 3. The molecule has 3 heteroatoms. The van der Waals surface area contributed by atoms with Gasteiger partial charge in [0, 0.05) is 6.54 Å². The van der Waals surface area contributed by atoms with Crippen LogP contribution in [0.5, 0.6) is 11.5 Å². The lowest BCUT2D eigenvalue weighted by Crippen LogP contribution is -2.18. The molecule has 2 N–H and O–H groups in total. The van der Waals surface area contributed by atoms with Gasteiger partial charge in [-0.15, -0.1) is 0 Å². The van der Waals surface area contributed by atoms with Crippen LogP contribution in [0.4, 0.5) is 0 Å². The first kappa shape index (κ1) is 13.4. The highest BCUT2D eigenvalue weighted by Gasteiger charge is 2.13. The van der Waals surface area contributed by atoms with E-state index >= 15 is 0 Å². The summed E-state index contributed by atoms with van der Waals surface area (Å²) < 4.78 is 11.2. The minimum absolute atomic E-state index is 0.170. The van der Waals surface area contributed by atoms with Crippen molar-refractivity contribution in [1.29, 1.82) is 0 Å². The van der Waals surface area contributed by atoms with Crippen molar-refractivity contribution >= 4 is 0 Å². The summed E-state index contributed by atoms with van der Waals surface area (Å²) in [4.78, 5) is 0. The number of nitrogens with two attached hydrogens (primary N) is 1. The van der Waals surface area contributed by atoms with Crippen molar-refractivity contribution in [2.45, 2.75) is 13.0 Å². The lowest BCUT2D eigenvalue weighted by Gasteiger charge is -2.19. The Balaban J connectivity index is 2.21. The van der Waals surface area contributed by atoms with Gasteiger partial charge >= 0.3 is 0 Å². The van der Waals surface area contributed by atoms with Gasteiger partial charge in [0.15, 0.2) is 11.5 Å². The van der Waals surface area contributed by atoms with Crippen molar-refractivity contribution < 1.29 is 9.47 Å². The van der Waals surface area contributed by atoms with Crippen LogP contribution in [0.25, 0.3) is 0 Å². The number of rotatable bonds is 5. The molecule has 0 saturated carbocycles. The summed E-state index contributed by atoms with van der Waals surface area (Å²) in [5.74, 6) is 1.43. The Morgan fingerprint density at radius 2 is 1.63 bits per heavy atom. The fourth-order valence-electron chi connectivity index (χ4n) is 1.90. The fraction of sp³-hybridized carbons (Fsp3) is 0.250. The maximum Gasteiger partial charge on any atom is 0.162 e. The predicted octanol–water partition coefficient (Wildman–Crippen LogP) is 3.08. The number of hydrogen-bond donors (Lipinski definition) is 1. The maximum absolute atomic E-state index is 5.96. The van der Waals surface area contributed by atoms with Crippen molar-refractivity contribution in [2.24, 2.45) is 5.73 Å². The van der Waals surface area contributed by atoms with E-state index < -0.39 is 0 Å². The van der Waals surface area contributed by atoms with Gasteiger partial charge in [-0.2, -0.15) is 0 Å². The molecule has 0 bridgehead atoms. The molecule has 0 aromatic heterocycles. The molecule has 0 saturated heterocycles. The van der Waals surface area contributed by atoms with Gasteiger partial charge in [-0.05, 0) is 24.6 Å². The summed E-state index contributed by atoms with van der Waals surface area (Å²) in [5, 5.41) is 0. The van der Waals surface area contributed by atoms with Gasteiger partial charge in [-0.25, -0.2) is 0 Å². The highest BCUT2D eigenvalue weighted by molar-refractivity contribution is 5.40. The van der Waals surface area contributed by atoms with Crippen molar-refractivity contribution in [3.8, 4) is 11.5 Å². The molecule has 0 aliphatic rings.